The number of amides is 1. The van der Waals surface area contributed by atoms with Gasteiger partial charge in [0.15, 0.2) is 0 Å². The highest BCUT2D eigenvalue weighted by Gasteiger charge is 2.24. The van der Waals surface area contributed by atoms with E-state index < -0.39 is 6.04 Å². The molecular weight excluding hydrogens is 338 g/mol. The Balaban J connectivity index is 1.67. The number of nitrogens with one attached hydrogen (secondary N) is 1. The van der Waals surface area contributed by atoms with E-state index in [0.29, 0.717) is 17.3 Å². The lowest BCUT2D eigenvalue weighted by molar-refractivity contribution is -0.120. The zero-order valence-electron chi connectivity index (χ0n) is 13.8. The molecule has 0 fully saturated rings. The summed E-state index contributed by atoms with van der Waals surface area (Å²) in [6, 6.07) is 10.1. The number of carbonyl (C=O) groups is 1. The summed E-state index contributed by atoms with van der Waals surface area (Å²) in [7, 11) is 3.70. The second-order valence-corrected chi connectivity index (χ2v) is 6.18. The summed E-state index contributed by atoms with van der Waals surface area (Å²) in [4.78, 5) is 18.7. The summed E-state index contributed by atoms with van der Waals surface area (Å²) >= 11 is 1.47. The maximum atomic E-state index is 12.6. The van der Waals surface area contributed by atoms with E-state index in [9.17, 15) is 4.79 Å². The number of rotatable bonds is 6. The van der Waals surface area contributed by atoms with Gasteiger partial charge in [-0.1, -0.05) is 0 Å². The van der Waals surface area contributed by atoms with Crippen LogP contribution in [0.4, 0.5) is 5.69 Å². The van der Waals surface area contributed by atoms with Crippen molar-refractivity contribution in [1.29, 1.82) is 0 Å². The van der Waals surface area contributed by atoms with Crippen LogP contribution in [-0.4, -0.2) is 40.1 Å². The highest BCUT2D eigenvalue weighted by atomic mass is 32.1. The lowest BCUT2D eigenvalue weighted by Gasteiger charge is -2.21. The summed E-state index contributed by atoms with van der Waals surface area (Å²) in [6.07, 6.45) is 1.58. The van der Waals surface area contributed by atoms with Gasteiger partial charge in [-0.2, -0.15) is 5.10 Å². The van der Waals surface area contributed by atoms with Crippen LogP contribution in [0.15, 0.2) is 53.5 Å². The third kappa shape index (κ3) is 4.37. The molecule has 7 nitrogen and oxygen atoms in total. The smallest absolute Gasteiger partial charge is 0.247 e. The van der Waals surface area contributed by atoms with E-state index in [0.717, 1.165) is 5.69 Å². The fourth-order valence-corrected chi connectivity index (χ4v) is 2.84. The molecule has 0 bridgehead atoms. The monoisotopic (exact) mass is 355 g/mol. The number of likely N-dealkylation sites (N-methyl/N-ethyl adjacent to an activating group) is 1. The molecule has 0 aliphatic carbocycles. The molecule has 0 saturated carbocycles. The zero-order chi connectivity index (χ0) is 17.6. The van der Waals surface area contributed by atoms with Gasteiger partial charge >= 0.3 is 0 Å². The Morgan fingerprint density at radius 2 is 2.04 bits per heavy atom. The Morgan fingerprint density at radius 3 is 2.64 bits per heavy atom. The van der Waals surface area contributed by atoms with Crippen molar-refractivity contribution >= 4 is 22.9 Å². The van der Waals surface area contributed by atoms with E-state index in [1.807, 2.05) is 24.4 Å². The molecule has 1 atom stereocenters. The van der Waals surface area contributed by atoms with E-state index >= 15 is 0 Å². The largest absolute Gasteiger partial charge is 0.438 e. The lowest BCUT2D eigenvalue weighted by Crippen LogP contribution is -2.32. The predicted molar refractivity (Wildman–Crippen MR) is 95.7 cm³/mol. The molecule has 0 aliphatic heterocycles. The molecule has 1 unspecified atom stereocenters. The normalized spacial score (nSPS) is 12.0. The van der Waals surface area contributed by atoms with Gasteiger partial charge in [0.2, 0.25) is 11.8 Å². The van der Waals surface area contributed by atoms with Crippen LogP contribution in [-0.2, 0) is 4.79 Å². The molecule has 8 heteroatoms. The van der Waals surface area contributed by atoms with Crippen molar-refractivity contribution in [2.45, 2.75) is 6.04 Å². The zero-order valence-corrected chi connectivity index (χ0v) is 14.6. The van der Waals surface area contributed by atoms with E-state index in [1.54, 1.807) is 48.1 Å². The number of benzene rings is 1. The Hall–Kier alpha value is -2.84. The van der Waals surface area contributed by atoms with Crippen molar-refractivity contribution < 1.29 is 9.53 Å². The predicted octanol–water partition coefficient (Wildman–Crippen LogP) is 2.97. The van der Waals surface area contributed by atoms with Crippen LogP contribution in [0.25, 0.3) is 0 Å². The molecule has 128 valence electrons. The average molecular weight is 355 g/mol. The average Bonchev–Trinajstić information content (AvgIpc) is 3.11. The van der Waals surface area contributed by atoms with Gasteiger partial charge in [0, 0.05) is 23.3 Å². The molecular formula is C17H17N5O2S. The summed E-state index contributed by atoms with van der Waals surface area (Å²) in [5.74, 6) is 0.885. The Labute approximate surface area is 149 Å². The number of anilines is 1. The highest BCUT2D eigenvalue weighted by Crippen LogP contribution is 2.23. The van der Waals surface area contributed by atoms with Crippen LogP contribution < -0.4 is 10.1 Å². The number of hydrogen-bond acceptors (Lipinski definition) is 7. The molecule has 1 aromatic carbocycles. The fourth-order valence-electron chi connectivity index (χ4n) is 2.27. The molecule has 1 amide bonds. The third-order valence-electron chi connectivity index (χ3n) is 3.39. The SMILES string of the molecule is CN(C)C(C(=O)Nc1ccc(Oc2cccnn2)cc1)c1cscn1. The number of hydrogen-bond donors (Lipinski definition) is 1. The Kier molecular flexibility index (Phi) is 5.32. The first-order chi connectivity index (χ1) is 12.1. The van der Waals surface area contributed by atoms with Gasteiger partial charge in [-0.15, -0.1) is 16.4 Å². The second kappa shape index (κ2) is 7.82. The molecule has 25 heavy (non-hydrogen) atoms. The first kappa shape index (κ1) is 17.0. The molecule has 1 N–H and O–H groups in total. The molecule has 0 saturated heterocycles. The van der Waals surface area contributed by atoms with Crippen LogP contribution in [0.5, 0.6) is 11.6 Å². The highest BCUT2D eigenvalue weighted by molar-refractivity contribution is 7.07. The minimum Gasteiger partial charge on any atom is -0.438 e. The second-order valence-electron chi connectivity index (χ2n) is 5.46. The molecule has 2 heterocycles. The van der Waals surface area contributed by atoms with Crippen LogP contribution in [0.2, 0.25) is 0 Å². The van der Waals surface area contributed by atoms with Crippen molar-refractivity contribution in [2.75, 3.05) is 19.4 Å². The van der Waals surface area contributed by atoms with E-state index in [-0.39, 0.29) is 5.91 Å². The van der Waals surface area contributed by atoms with Gasteiger partial charge < -0.3 is 10.1 Å². The molecule has 2 aromatic heterocycles. The third-order valence-corrected chi connectivity index (χ3v) is 3.99. The van der Waals surface area contributed by atoms with E-state index in [2.05, 4.69) is 20.5 Å². The summed E-state index contributed by atoms with van der Waals surface area (Å²) < 4.78 is 5.58. The quantitative estimate of drug-likeness (QED) is 0.732. The number of ether oxygens (including phenoxy) is 1. The van der Waals surface area contributed by atoms with E-state index in [4.69, 9.17) is 4.74 Å². The van der Waals surface area contributed by atoms with Gasteiger partial charge in [0.05, 0.1) is 11.2 Å². The minimum absolute atomic E-state index is 0.140. The molecule has 0 spiro atoms. The van der Waals surface area contributed by atoms with Crippen LogP contribution in [0, 0.1) is 0 Å². The summed E-state index contributed by atoms with van der Waals surface area (Å²) in [5.41, 5.74) is 3.13. The standard InChI is InChI=1S/C17H17N5O2S/c1-22(2)16(14-10-25-11-18-14)17(23)20-12-5-7-13(8-6-12)24-15-4-3-9-19-21-15/h3-11,16H,1-2H3,(H,20,23). The van der Waals surface area contributed by atoms with Crippen molar-refractivity contribution in [3.8, 4) is 11.6 Å². The molecule has 0 radical (unpaired) electrons. The van der Waals surface area contributed by atoms with Gasteiger partial charge in [0.25, 0.3) is 0 Å². The van der Waals surface area contributed by atoms with Crippen LogP contribution in [0.3, 0.4) is 0 Å². The van der Waals surface area contributed by atoms with Crippen LogP contribution in [0.1, 0.15) is 11.7 Å². The fraction of sp³-hybridized carbons (Fsp3) is 0.176. The van der Waals surface area contributed by atoms with Crippen molar-refractivity contribution in [3.63, 3.8) is 0 Å². The Bertz CT molecular complexity index is 807. The first-order valence-electron chi connectivity index (χ1n) is 7.54. The van der Waals surface area contributed by atoms with Gasteiger partial charge in [0.1, 0.15) is 11.8 Å². The molecule has 0 aliphatic rings. The number of thiazole rings is 1. The van der Waals surface area contributed by atoms with Gasteiger partial charge in [-0.3, -0.25) is 9.69 Å². The first-order valence-corrected chi connectivity index (χ1v) is 8.49. The van der Waals surface area contributed by atoms with Crippen LogP contribution >= 0.6 is 11.3 Å². The molecule has 3 rings (SSSR count). The van der Waals surface area contributed by atoms with Crippen molar-refractivity contribution in [1.82, 2.24) is 20.1 Å². The number of carbonyl (C=O) groups excluding carboxylic acids is 1. The topological polar surface area (TPSA) is 80.2 Å². The minimum atomic E-state index is -0.443. The van der Waals surface area contributed by atoms with Gasteiger partial charge in [-0.05, 0) is 44.4 Å². The number of nitrogens with zero attached hydrogens (tertiary/aromatic N) is 4. The lowest BCUT2D eigenvalue weighted by atomic mass is 10.2. The maximum Gasteiger partial charge on any atom is 0.247 e. The van der Waals surface area contributed by atoms with Gasteiger partial charge in [-0.25, -0.2) is 4.98 Å². The summed E-state index contributed by atoms with van der Waals surface area (Å²) in [5, 5.41) is 12.4. The van der Waals surface area contributed by atoms with Crippen molar-refractivity contribution in [3.05, 3.63) is 59.2 Å². The van der Waals surface area contributed by atoms with E-state index in [1.165, 1.54) is 11.3 Å². The van der Waals surface area contributed by atoms with Crippen molar-refractivity contribution in [2.24, 2.45) is 0 Å². The molecule has 3 aromatic rings. The maximum absolute atomic E-state index is 12.6. The number of aromatic nitrogens is 3. The Morgan fingerprint density at radius 1 is 1.24 bits per heavy atom. The summed E-state index contributed by atoms with van der Waals surface area (Å²) in [6.45, 7) is 0.